The molecule has 24 heavy (non-hydrogen) atoms. The van der Waals surface area contributed by atoms with Crippen LogP contribution in [-0.2, 0) is 14.3 Å². The van der Waals surface area contributed by atoms with Gasteiger partial charge < -0.3 is 20.1 Å². The van der Waals surface area contributed by atoms with Crippen LogP contribution in [0.15, 0.2) is 30.5 Å². The molecule has 1 aromatic rings. The van der Waals surface area contributed by atoms with Gasteiger partial charge in [0.05, 0.1) is 25.0 Å². The van der Waals surface area contributed by atoms with Crippen molar-refractivity contribution < 1.29 is 19.4 Å². The van der Waals surface area contributed by atoms with Gasteiger partial charge in [-0.15, -0.1) is 0 Å². The predicted molar refractivity (Wildman–Crippen MR) is 87.3 cm³/mol. The minimum Gasteiger partial charge on any atom is -0.504 e. The van der Waals surface area contributed by atoms with Gasteiger partial charge in [0.15, 0.2) is 11.6 Å². The van der Waals surface area contributed by atoms with Crippen molar-refractivity contribution in [3.05, 3.63) is 30.5 Å². The lowest BCUT2D eigenvalue weighted by Gasteiger charge is -2.34. The molecule has 0 saturated carbocycles. The summed E-state index contributed by atoms with van der Waals surface area (Å²) in [6.07, 6.45) is 6.41. The van der Waals surface area contributed by atoms with E-state index in [1.54, 1.807) is 11.0 Å². The Balaban J connectivity index is 1.72. The van der Waals surface area contributed by atoms with Gasteiger partial charge in [0.25, 0.3) is 0 Å². The number of rotatable bonds is 3. The summed E-state index contributed by atoms with van der Waals surface area (Å²) in [4.78, 5) is 31.1. The van der Waals surface area contributed by atoms with Crippen LogP contribution in [0.2, 0.25) is 0 Å². The van der Waals surface area contributed by atoms with E-state index in [4.69, 9.17) is 4.74 Å². The van der Waals surface area contributed by atoms with E-state index in [-0.39, 0.29) is 29.3 Å². The number of allylic oxidation sites excluding steroid dienone is 2. The molecule has 3 rings (SSSR count). The number of amides is 2. The second kappa shape index (κ2) is 7.44. The summed E-state index contributed by atoms with van der Waals surface area (Å²) in [5.41, 5.74) is 0. The first-order valence-corrected chi connectivity index (χ1v) is 8.13. The molecule has 0 spiro atoms. The summed E-state index contributed by atoms with van der Waals surface area (Å²) >= 11 is 0. The molecule has 1 aliphatic carbocycles. The number of ether oxygens (including phenoxy) is 1. The maximum Gasteiger partial charge on any atom is 0.229 e. The maximum absolute atomic E-state index is 12.8. The second-order valence-corrected chi connectivity index (χ2v) is 5.95. The van der Waals surface area contributed by atoms with Gasteiger partial charge in [-0.05, 0) is 25.0 Å². The van der Waals surface area contributed by atoms with E-state index in [1.807, 2.05) is 12.2 Å². The smallest absolute Gasteiger partial charge is 0.229 e. The average Bonchev–Trinajstić information content (AvgIpc) is 2.63. The number of nitrogens with one attached hydrogen (secondary N) is 1. The van der Waals surface area contributed by atoms with Gasteiger partial charge in [-0.3, -0.25) is 9.59 Å². The SMILES string of the molecule is O=C(Nc1ncccc1O)[C@H]1CC=CC[C@@H]1C(=O)N1CCOCC1. The summed E-state index contributed by atoms with van der Waals surface area (Å²) in [5.74, 6) is -1.12. The largest absolute Gasteiger partial charge is 0.504 e. The van der Waals surface area contributed by atoms with Gasteiger partial charge in [-0.2, -0.15) is 0 Å². The summed E-state index contributed by atoms with van der Waals surface area (Å²) < 4.78 is 5.28. The minimum absolute atomic E-state index is 0.00644. The molecule has 2 aliphatic rings. The number of carbonyl (C=O) groups is 2. The standard InChI is InChI=1S/C17H21N3O4/c21-14-6-3-7-18-15(14)19-16(22)12-4-1-2-5-13(12)17(23)20-8-10-24-11-9-20/h1-3,6-7,12-13,21H,4-5,8-11H2,(H,18,19,22)/t12-,13-/m0/s1. The molecule has 0 bridgehead atoms. The average molecular weight is 331 g/mol. The van der Waals surface area contributed by atoms with Crippen LogP contribution >= 0.6 is 0 Å². The lowest BCUT2D eigenvalue weighted by atomic mass is 9.81. The lowest BCUT2D eigenvalue weighted by molar-refractivity contribution is -0.144. The van der Waals surface area contributed by atoms with E-state index in [9.17, 15) is 14.7 Å². The highest BCUT2D eigenvalue weighted by Gasteiger charge is 2.37. The van der Waals surface area contributed by atoms with E-state index >= 15 is 0 Å². The number of aromatic nitrogens is 1. The van der Waals surface area contributed by atoms with E-state index < -0.39 is 5.92 Å². The van der Waals surface area contributed by atoms with Crippen LogP contribution in [0, 0.1) is 11.8 Å². The number of morpholine rings is 1. The Bertz CT molecular complexity index is 640. The van der Waals surface area contributed by atoms with Crippen molar-refractivity contribution >= 4 is 17.6 Å². The molecule has 2 atom stereocenters. The molecule has 0 aromatic carbocycles. The highest BCUT2D eigenvalue weighted by Crippen LogP contribution is 2.30. The van der Waals surface area contributed by atoms with Crippen LogP contribution in [0.1, 0.15) is 12.8 Å². The zero-order valence-electron chi connectivity index (χ0n) is 13.4. The fourth-order valence-electron chi connectivity index (χ4n) is 3.10. The molecule has 2 amide bonds. The zero-order chi connectivity index (χ0) is 16.9. The lowest BCUT2D eigenvalue weighted by Crippen LogP contribution is -2.47. The third-order valence-electron chi connectivity index (χ3n) is 4.44. The van der Waals surface area contributed by atoms with E-state index in [1.165, 1.54) is 12.3 Å². The van der Waals surface area contributed by atoms with Crippen LogP contribution in [0.3, 0.4) is 0 Å². The molecule has 0 unspecified atom stereocenters. The van der Waals surface area contributed by atoms with Crippen molar-refractivity contribution in [2.24, 2.45) is 11.8 Å². The molecule has 1 saturated heterocycles. The summed E-state index contributed by atoms with van der Waals surface area (Å²) in [7, 11) is 0. The van der Waals surface area contributed by atoms with Gasteiger partial charge in [0.1, 0.15) is 0 Å². The highest BCUT2D eigenvalue weighted by molar-refractivity contribution is 5.96. The summed E-state index contributed by atoms with van der Waals surface area (Å²) in [6.45, 7) is 2.20. The number of hydrogen-bond acceptors (Lipinski definition) is 5. The molecular weight excluding hydrogens is 310 g/mol. The number of nitrogens with zero attached hydrogens (tertiary/aromatic N) is 2. The van der Waals surface area contributed by atoms with Crippen molar-refractivity contribution in [2.75, 3.05) is 31.6 Å². The Morgan fingerprint density at radius 1 is 1.21 bits per heavy atom. The molecule has 2 N–H and O–H groups in total. The number of carbonyl (C=O) groups excluding carboxylic acids is 2. The van der Waals surface area contributed by atoms with Crippen molar-refractivity contribution in [2.45, 2.75) is 12.8 Å². The number of hydrogen-bond donors (Lipinski definition) is 2. The van der Waals surface area contributed by atoms with Gasteiger partial charge >= 0.3 is 0 Å². The molecule has 0 radical (unpaired) electrons. The third-order valence-corrected chi connectivity index (χ3v) is 4.44. The molecule has 128 valence electrons. The van der Waals surface area contributed by atoms with Gasteiger partial charge in [-0.1, -0.05) is 12.2 Å². The number of anilines is 1. The van der Waals surface area contributed by atoms with Crippen LogP contribution in [0.5, 0.6) is 5.75 Å². The fraction of sp³-hybridized carbons (Fsp3) is 0.471. The Labute approximate surface area is 140 Å². The Morgan fingerprint density at radius 3 is 2.62 bits per heavy atom. The molecule has 1 fully saturated rings. The Kier molecular flexibility index (Phi) is 5.10. The summed E-state index contributed by atoms with van der Waals surface area (Å²) in [6, 6.07) is 3.04. The van der Waals surface area contributed by atoms with Crippen molar-refractivity contribution in [3.8, 4) is 5.75 Å². The first kappa shape index (κ1) is 16.4. The van der Waals surface area contributed by atoms with E-state index in [0.717, 1.165) is 0 Å². The monoisotopic (exact) mass is 331 g/mol. The highest BCUT2D eigenvalue weighted by atomic mass is 16.5. The van der Waals surface area contributed by atoms with Crippen LogP contribution in [0.25, 0.3) is 0 Å². The molecule has 1 aliphatic heterocycles. The zero-order valence-corrected chi connectivity index (χ0v) is 13.4. The molecule has 1 aromatic heterocycles. The van der Waals surface area contributed by atoms with E-state index in [2.05, 4.69) is 10.3 Å². The number of pyridine rings is 1. The minimum atomic E-state index is -0.466. The van der Waals surface area contributed by atoms with Crippen molar-refractivity contribution in [1.82, 2.24) is 9.88 Å². The molecule has 2 heterocycles. The molecule has 7 nitrogen and oxygen atoms in total. The third kappa shape index (κ3) is 3.56. The van der Waals surface area contributed by atoms with Gasteiger partial charge in [0.2, 0.25) is 11.8 Å². The predicted octanol–water partition coefficient (Wildman–Crippen LogP) is 1.17. The maximum atomic E-state index is 12.8. The van der Waals surface area contributed by atoms with Gasteiger partial charge in [-0.25, -0.2) is 4.98 Å². The molecule has 7 heteroatoms. The van der Waals surface area contributed by atoms with Crippen LogP contribution in [-0.4, -0.2) is 53.1 Å². The van der Waals surface area contributed by atoms with Crippen LogP contribution in [0.4, 0.5) is 5.82 Å². The van der Waals surface area contributed by atoms with Gasteiger partial charge in [0, 0.05) is 19.3 Å². The second-order valence-electron chi connectivity index (χ2n) is 5.95. The summed E-state index contributed by atoms with van der Waals surface area (Å²) in [5, 5.41) is 12.4. The number of aromatic hydroxyl groups is 1. The molecular formula is C17H21N3O4. The normalized spacial score (nSPS) is 23.8. The van der Waals surface area contributed by atoms with Crippen molar-refractivity contribution in [1.29, 1.82) is 0 Å². The van der Waals surface area contributed by atoms with Crippen molar-refractivity contribution in [3.63, 3.8) is 0 Å². The topological polar surface area (TPSA) is 91.8 Å². The Morgan fingerprint density at radius 2 is 1.92 bits per heavy atom. The quantitative estimate of drug-likeness (QED) is 0.811. The first-order chi connectivity index (χ1) is 11.7. The fourth-order valence-corrected chi connectivity index (χ4v) is 3.10. The van der Waals surface area contributed by atoms with Crippen LogP contribution < -0.4 is 5.32 Å². The first-order valence-electron chi connectivity index (χ1n) is 8.13. The Hall–Kier alpha value is -2.41. The van der Waals surface area contributed by atoms with E-state index in [0.29, 0.717) is 39.1 Å².